The first-order chi connectivity index (χ1) is 8.39. The molecule has 2 heterocycles. The number of carbonyl (C=O) groups is 1. The first-order valence-electron chi connectivity index (χ1n) is 5.65. The maximum Gasteiger partial charge on any atom is 0.271 e. The minimum absolute atomic E-state index is 0.00611. The maximum atomic E-state index is 11.9. The van der Waals surface area contributed by atoms with Crippen LogP contribution in [0.2, 0.25) is 0 Å². The highest BCUT2D eigenvalue weighted by Gasteiger charge is 2.28. The summed E-state index contributed by atoms with van der Waals surface area (Å²) in [6.07, 6.45) is 2.01. The highest BCUT2D eigenvalue weighted by molar-refractivity contribution is 7.91. The van der Waals surface area contributed by atoms with E-state index in [0.29, 0.717) is 24.3 Å². The monoisotopic (exact) mass is 272 g/mol. The van der Waals surface area contributed by atoms with E-state index in [4.69, 9.17) is 5.73 Å². The Kier molecular flexibility index (Phi) is 3.29. The predicted molar refractivity (Wildman–Crippen MR) is 66.7 cm³/mol. The molecule has 0 aliphatic carbocycles. The first-order valence-corrected chi connectivity index (χ1v) is 7.47. The van der Waals surface area contributed by atoms with Gasteiger partial charge in [0.25, 0.3) is 5.91 Å². The summed E-state index contributed by atoms with van der Waals surface area (Å²) in [6.45, 7) is 0.350. The number of nitrogens with two attached hydrogens (primary N) is 1. The zero-order chi connectivity index (χ0) is 13.3. The highest BCUT2D eigenvalue weighted by Crippen LogP contribution is 2.17. The number of nitrogen functional groups attached to an aromatic ring is 1. The molecule has 1 fully saturated rings. The lowest BCUT2D eigenvalue weighted by Crippen LogP contribution is -2.31. The molecule has 1 aromatic heterocycles. The van der Waals surface area contributed by atoms with Gasteiger partial charge < -0.3 is 11.1 Å². The fraction of sp³-hybridized carbons (Fsp3) is 0.600. The normalized spacial score (nSPS) is 21.9. The number of hydrogen-bond donors (Lipinski definition) is 2. The van der Waals surface area contributed by atoms with Crippen LogP contribution in [0, 0.1) is 5.92 Å². The molecule has 3 N–H and O–H groups in total. The minimum atomic E-state index is -2.91. The van der Waals surface area contributed by atoms with E-state index in [9.17, 15) is 13.2 Å². The van der Waals surface area contributed by atoms with E-state index in [0.717, 1.165) is 0 Å². The Balaban J connectivity index is 1.94. The van der Waals surface area contributed by atoms with Gasteiger partial charge in [0.1, 0.15) is 5.69 Å². The average Bonchev–Trinajstić information content (AvgIpc) is 2.79. The zero-order valence-electron chi connectivity index (χ0n) is 10.1. The van der Waals surface area contributed by atoms with Crippen molar-refractivity contribution in [1.82, 2.24) is 15.1 Å². The van der Waals surface area contributed by atoms with Crippen LogP contribution in [-0.2, 0) is 16.9 Å². The fourth-order valence-electron chi connectivity index (χ4n) is 2.09. The smallest absolute Gasteiger partial charge is 0.271 e. The summed E-state index contributed by atoms with van der Waals surface area (Å²) >= 11 is 0. The molecule has 0 bridgehead atoms. The minimum Gasteiger partial charge on any atom is -0.396 e. The number of nitrogens with one attached hydrogen (secondary N) is 1. The first kappa shape index (κ1) is 12.9. The Labute approximate surface area is 105 Å². The van der Waals surface area contributed by atoms with Crippen molar-refractivity contribution in [3.63, 3.8) is 0 Å². The summed E-state index contributed by atoms with van der Waals surface area (Å²) in [7, 11) is -1.28. The molecule has 0 spiro atoms. The lowest BCUT2D eigenvalue weighted by molar-refractivity contribution is 0.0940. The number of nitrogens with zero attached hydrogens (tertiary/aromatic N) is 2. The molecular formula is C10H16N4O3S. The molecule has 7 nitrogen and oxygen atoms in total. The van der Waals surface area contributed by atoms with Gasteiger partial charge >= 0.3 is 0 Å². The third kappa shape index (κ3) is 2.63. The molecule has 1 unspecified atom stereocenters. The average molecular weight is 272 g/mol. The number of carbonyl (C=O) groups excluding carboxylic acids is 1. The van der Waals surface area contributed by atoms with E-state index in [1.165, 1.54) is 10.9 Å². The Bertz CT molecular complexity index is 544. The van der Waals surface area contributed by atoms with Crippen molar-refractivity contribution in [3.8, 4) is 0 Å². The molecular weight excluding hydrogens is 256 g/mol. The van der Waals surface area contributed by atoms with Gasteiger partial charge in [0.2, 0.25) is 0 Å². The third-order valence-electron chi connectivity index (χ3n) is 3.06. The standard InChI is InChI=1S/C10H16N4O3S/c1-14-9(8(11)5-13-14)10(15)12-4-7-2-3-18(16,17)6-7/h5,7H,2-4,6,11H2,1H3,(H,12,15). The lowest BCUT2D eigenvalue weighted by Gasteiger charge is -2.10. The molecule has 1 saturated heterocycles. The summed E-state index contributed by atoms with van der Waals surface area (Å²) in [5, 5.41) is 6.58. The Morgan fingerprint density at radius 2 is 2.39 bits per heavy atom. The van der Waals surface area contributed by atoms with Crippen LogP contribution in [0.1, 0.15) is 16.9 Å². The van der Waals surface area contributed by atoms with Crippen molar-refractivity contribution in [2.24, 2.45) is 13.0 Å². The van der Waals surface area contributed by atoms with Crippen molar-refractivity contribution < 1.29 is 13.2 Å². The Hall–Kier alpha value is -1.57. The van der Waals surface area contributed by atoms with E-state index < -0.39 is 9.84 Å². The second-order valence-corrected chi connectivity index (χ2v) is 6.78. The second-order valence-electron chi connectivity index (χ2n) is 4.55. The highest BCUT2D eigenvalue weighted by atomic mass is 32.2. The summed E-state index contributed by atoms with van der Waals surface area (Å²) in [5.74, 6) is 0.0282. The van der Waals surface area contributed by atoms with Crippen LogP contribution in [0.15, 0.2) is 6.20 Å². The van der Waals surface area contributed by atoms with Gasteiger partial charge in [-0.2, -0.15) is 5.10 Å². The number of amides is 1. The second kappa shape index (κ2) is 4.60. The van der Waals surface area contributed by atoms with Crippen LogP contribution >= 0.6 is 0 Å². The third-order valence-corrected chi connectivity index (χ3v) is 4.90. The number of aryl methyl sites for hydroxylation is 1. The van der Waals surface area contributed by atoms with Crippen LogP contribution in [0.25, 0.3) is 0 Å². The summed E-state index contributed by atoms with van der Waals surface area (Å²) in [4.78, 5) is 11.9. The van der Waals surface area contributed by atoms with Gasteiger partial charge in [-0.15, -0.1) is 0 Å². The SMILES string of the molecule is Cn1ncc(N)c1C(=O)NCC1CCS(=O)(=O)C1. The molecule has 0 saturated carbocycles. The quantitative estimate of drug-likeness (QED) is 0.746. The fourth-order valence-corrected chi connectivity index (χ4v) is 3.95. The molecule has 8 heteroatoms. The lowest BCUT2D eigenvalue weighted by atomic mass is 10.1. The van der Waals surface area contributed by atoms with E-state index in [-0.39, 0.29) is 23.3 Å². The van der Waals surface area contributed by atoms with Gasteiger partial charge in [-0.05, 0) is 12.3 Å². The van der Waals surface area contributed by atoms with Crippen LogP contribution in [0.3, 0.4) is 0 Å². The molecule has 1 atom stereocenters. The summed E-state index contributed by atoms with van der Waals surface area (Å²) in [5.41, 5.74) is 6.24. The Morgan fingerprint density at radius 3 is 2.89 bits per heavy atom. The van der Waals surface area contributed by atoms with Gasteiger partial charge in [0.15, 0.2) is 9.84 Å². The Morgan fingerprint density at radius 1 is 1.67 bits per heavy atom. The molecule has 2 rings (SSSR count). The van der Waals surface area contributed by atoms with Crippen LogP contribution in [-0.4, -0.2) is 42.2 Å². The van der Waals surface area contributed by atoms with Crippen molar-refractivity contribution in [1.29, 1.82) is 0 Å². The van der Waals surface area contributed by atoms with Crippen LogP contribution in [0.4, 0.5) is 5.69 Å². The molecule has 0 aromatic carbocycles. The topological polar surface area (TPSA) is 107 Å². The van der Waals surface area contributed by atoms with Gasteiger partial charge in [-0.3, -0.25) is 9.48 Å². The van der Waals surface area contributed by atoms with Crippen LogP contribution < -0.4 is 11.1 Å². The van der Waals surface area contributed by atoms with Gasteiger partial charge in [-0.25, -0.2) is 8.42 Å². The number of rotatable bonds is 3. The molecule has 0 radical (unpaired) electrons. The molecule has 1 aromatic rings. The number of sulfone groups is 1. The molecule has 18 heavy (non-hydrogen) atoms. The zero-order valence-corrected chi connectivity index (χ0v) is 10.9. The van der Waals surface area contributed by atoms with Gasteiger partial charge in [0.05, 0.1) is 23.4 Å². The molecule has 1 aliphatic heterocycles. The number of anilines is 1. The molecule has 100 valence electrons. The molecule has 1 aliphatic rings. The van der Waals surface area contributed by atoms with Gasteiger partial charge in [0, 0.05) is 13.6 Å². The van der Waals surface area contributed by atoms with Crippen molar-refractivity contribution in [2.45, 2.75) is 6.42 Å². The van der Waals surface area contributed by atoms with Gasteiger partial charge in [-0.1, -0.05) is 0 Å². The van der Waals surface area contributed by atoms with Crippen molar-refractivity contribution in [2.75, 3.05) is 23.8 Å². The predicted octanol–water partition coefficient (Wildman–Crippen LogP) is -0.833. The van der Waals surface area contributed by atoms with E-state index in [2.05, 4.69) is 10.4 Å². The largest absolute Gasteiger partial charge is 0.396 e. The van der Waals surface area contributed by atoms with Crippen LogP contribution in [0.5, 0.6) is 0 Å². The number of hydrogen-bond acceptors (Lipinski definition) is 5. The molecule has 1 amide bonds. The van der Waals surface area contributed by atoms with E-state index in [1.807, 2.05) is 0 Å². The van der Waals surface area contributed by atoms with E-state index in [1.54, 1.807) is 7.05 Å². The maximum absolute atomic E-state index is 11.9. The number of aromatic nitrogens is 2. The van der Waals surface area contributed by atoms with Crippen molar-refractivity contribution >= 4 is 21.4 Å². The van der Waals surface area contributed by atoms with E-state index >= 15 is 0 Å². The summed E-state index contributed by atoms with van der Waals surface area (Å²) < 4.78 is 24.0. The van der Waals surface area contributed by atoms with Crippen molar-refractivity contribution in [3.05, 3.63) is 11.9 Å². The summed E-state index contributed by atoms with van der Waals surface area (Å²) in [6, 6.07) is 0.